The first-order chi connectivity index (χ1) is 10.3. The van der Waals surface area contributed by atoms with E-state index in [1.807, 2.05) is 0 Å². The van der Waals surface area contributed by atoms with Gasteiger partial charge >= 0.3 is 12.1 Å². The lowest BCUT2D eigenvalue weighted by atomic mass is 10.0. The van der Waals surface area contributed by atoms with Crippen molar-refractivity contribution < 1.29 is 27.8 Å². The normalized spacial score (nSPS) is 22.3. The van der Waals surface area contributed by atoms with E-state index in [-0.39, 0.29) is 25.5 Å². The van der Waals surface area contributed by atoms with Gasteiger partial charge in [-0.3, -0.25) is 4.79 Å². The molecule has 0 aliphatic carbocycles. The summed E-state index contributed by atoms with van der Waals surface area (Å²) in [5.41, 5.74) is 1.54. The van der Waals surface area contributed by atoms with E-state index in [2.05, 4.69) is 5.32 Å². The van der Waals surface area contributed by atoms with Crippen molar-refractivity contribution in [3.05, 3.63) is 29.8 Å². The number of carboxylic acid groups (broad SMARTS) is 1. The fraction of sp³-hybridized carbons (Fsp3) is 0.533. The van der Waals surface area contributed by atoms with Gasteiger partial charge in [-0.1, -0.05) is 12.1 Å². The van der Waals surface area contributed by atoms with Crippen LogP contribution in [0.1, 0.15) is 24.8 Å². The van der Waals surface area contributed by atoms with Crippen molar-refractivity contribution in [2.75, 3.05) is 11.9 Å². The van der Waals surface area contributed by atoms with Gasteiger partial charge in [-0.2, -0.15) is 13.2 Å². The van der Waals surface area contributed by atoms with E-state index in [4.69, 9.17) is 9.84 Å². The van der Waals surface area contributed by atoms with Crippen LogP contribution in [0.15, 0.2) is 24.3 Å². The molecular formula is C15H18F3NO3. The van der Waals surface area contributed by atoms with Crippen molar-refractivity contribution >= 4 is 11.7 Å². The zero-order valence-corrected chi connectivity index (χ0v) is 11.9. The summed E-state index contributed by atoms with van der Waals surface area (Å²) in [6.45, 7) is 0.0700. The Bertz CT molecular complexity index is 519. The standard InChI is InChI=1S/C15H18F3NO3/c16-15(17,18)13-9-12(6-7-22-13)19-11-3-1-2-10(8-11)4-5-14(20)21/h1-3,8,12-13,19H,4-7,9H2,(H,20,21). The molecule has 0 radical (unpaired) electrons. The van der Waals surface area contributed by atoms with Gasteiger partial charge in [0.25, 0.3) is 0 Å². The fourth-order valence-corrected chi connectivity index (χ4v) is 2.46. The molecule has 2 N–H and O–H groups in total. The second kappa shape index (κ2) is 7.00. The van der Waals surface area contributed by atoms with Gasteiger partial charge in [0.2, 0.25) is 0 Å². The molecule has 1 aliphatic rings. The molecule has 1 aromatic rings. The second-order valence-corrected chi connectivity index (χ2v) is 5.36. The predicted molar refractivity (Wildman–Crippen MR) is 74.8 cm³/mol. The summed E-state index contributed by atoms with van der Waals surface area (Å²) >= 11 is 0. The van der Waals surface area contributed by atoms with E-state index in [1.165, 1.54) is 0 Å². The summed E-state index contributed by atoms with van der Waals surface area (Å²) in [4.78, 5) is 10.6. The van der Waals surface area contributed by atoms with Crippen LogP contribution in [0.4, 0.5) is 18.9 Å². The molecule has 0 spiro atoms. The molecule has 1 heterocycles. The average molecular weight is 317 g/mol. The number of carbonyl (C=O) groups is 1. The van der Waals surface area contributed by atoms with Crippen molar-refractivity contribution in [1.29, 1.82) is 0 Å². The van der Waals surface area contributed by atoms with Crippen LogP contribution in [0.3, 0.4) is 0 Å². The SMILES string of the molecule is O=C(O)CCc1cccc(NC2CCOC(C(F)(F)F)C2)c1. The lowest BCUT2D eigenvalue weighted by Crippen LogP contribution is -2.42. The molecular weight excluding hydrogens is 299 g/mol. The van der Waals surface area contributed by atoms with E-state index in [0.717, 1.165) is 5.56 Å². The molecule has 4 nitrogen and oxygen atoms in total. The van der Waals surface area contributed by atoms with Crippen LogP contribution in [-0.2, 0) is 16.0 Å². The van der Waals surface area contributed by atoms with Gasteiger partial charge in [0, 0.05) is 31.2 Å². The number of benzene rings is 1. The number of hydrogen-bond donors (Lipinski definition) is 2. The summed E-state index contributed by atoms with van der Waals surface area (Å²) in [5.74, 6) is -0.879. The Morgan fingerprint density at radius 1 is 1.41 bits per heavy atom. The van der Waals surface area contributed by atoms with Gasteiger partial charge in [0.15, 0.2) is 6.10 Å². The van der Waals surface area contributed by atoms with Crippen molar-refractivity contribution in [3.63, 3.8) is 0 Å². The molecule has 1 aliphatic heterocycles. The highest BCUT2D eigenvalue weighted by molar-refractivity contribution is 5.67. The average Bonchev–Trinajstić information content (AvgIpc) is 2.45. The summed E-state index contributed by atoms with van der Waals surface area (Å²) < 4.78 is 42.8. The van der Waals surface area contributed by atoms with Crippen LogP contribution in [-0.4, -0.2) is 36.0 Å². The van der Waals surface area contributed by atoms with Gasteiger partial charge < -0.3 is 15.2 Å². The molecule has 22 heavy (non-hydrogen) atoms. The van der Waals surface area contributed by atoms with Gasteiger partial charge in [0.05, 0.1) is 0 Å². The van der Waals surface area contributed by atoms with Crippen LogP contribution in [0.25, 0.3) is 0 Å². The maximum Gasteiger partial charge on any atom is 0.414 e. The van der Waals surface area contributed by atoms with Crippen molar-refractivity contribution in [2.45, 2.75) is 44.0 Å². The zero-order chi connectivity index (χ0) is 16.2. The van der Waals surface area contributed by atoms with Gasteiger partial charge in [0.1, 0.15) is 0 Å². The first kappa shape index (κ1) is 16.6. The highest BCUT2D eigenvalue weighted by Crippen LogP contribution is 2.31. The fourth-order valence-electron chi connectivity index (χ4n) is 2.46. The number of alkyl halides is 3. The monoisotopic (exact) mass is 317 g/mol. The van der Waals surface area contributed by atoms with Crippen LogP contribution < -0.4 is 5.32 Å². The molecule has 2 unspecified atom stereocenters. The molecule has 2 rings (SSSR count). The van der Waals surface area contributed by atoms with Crippen LogP contribution in [0.5, 0.6) is 0 Å². The largest absolute Gasteiger partial charge is 0.481 e. The number of ether oxygens (including phenoxy) is 1. The number of aliphatic carboxylic acids is 1. The highest BCUT2D eigenvalue weighted by Gasteiger charge is 2.43. The number of hydrogen-bond acceptors (Lipinski definition) is 3. The topological polar surface area (TPSA) is 58.6 Å². The molecule has 0 saturated carbocycles. The van der Waals surface area contributed by atoms with E-state index >= 15 is 0 Å². The van der Waals surface area contributed by atoms with E-state index in [0.29, 0.717) is 18.5 Å². The van der Waals surface area contributed by atoms with Crippen molar-refractivity contribution in [2.24, 2.45) is 0 Å². The maximum absolute atomic E-state index is 12.7. The number of anilines is 1. The van der Waals surface area contributed by atoms with Crippen molar-refractivity contribution in [3.8, 4) is 0 Å². The third kappa shape index (κ3) is 4.91. The Hall–Kier alpha value is -1.76. The predicted octanol–water partition coefficient (Wildman–Crippen LogP) is 3.23. The van der Waals surface area contributed by atoms with Crippen LogP contribution in [0.2, 0.25) is 0 Å². The van der Waals surface area contributed by atoms with Gasteiger partial charge in [-0.25, -0.2) is 0 Å². The Balaban J connectivity index is 1.95. The summed E-state index contributed by atoms with van der Waals surface area (Å²) in [6, 6.07) is 6.80. The molecule has 1 aromatic carbocycles. The molecule has 0 aromatic heterocycles. The Kier molecular flexibility index (Phi) is 5.28. The van der Waals surface area contributed by atoms with Gasteiger partial charge in [-0.15, -0.1) is 0 Å². The minimum atomic E-state index is -4.34. The Morgan fingerprint density at radius 2 is 2.18 bits per heavy atom. The summed E-state index contributed by atoms with van der Waals surface area (Å²) in [5, 5.41) is 11.8. The minimum absolute atomic E-state index is 0.0247. The third-order valence-electron chi connectivity index (χ3n) is 3.57. The molecule has 7 heteroatoms. The van der Waals surface area contributed by atoms with Crippen LogP contribution in [0, 0.1) is 0 Å². The molecule has 0 bridgehead atoms. The lowest BCUT2D eigenvalue weighted by Gasteiger charge is -2.31. The summed E-state index contributed by atoms with van der Waals surface area (Å²) in [6.07, 6.45) is -5.27. The summed E-state index contributed by atoms with van der Waals surface area (Å²) in [7, 11) is 0. The number of nitrogens with one attached hydrogen (secondary N) is 1. The number of rotatable bonds is 5. The highest BCUT2D eigenvalue weighted by atomic mass is 19.4. The van der Waals surface area contributed by atoms with Crippen LogP contribution >= 0.6 is 0 Å². The Labute approximate surface area is 126 Å². The number of carboxylic acids is 1. The first-order valence-corrected chi connectivity index (χ1v) is 7.10. The van der Waals surface area contributed by atoms with Gasteiger partial charge in [-0.05, 0) is 30.5 Å². The van der Waals surface area contributed by atoms with Crippen molar-refractivity contribution in [1.82, 2.24) is 0 Å². The van der Waals surface area contributed by atoms with E-state index in [9.17, 15) is 18.0 Å². The quantitative estimate of drug-likeness (QED) is 0.875. The maximum atomic E-state index is 12.7. The zero-order valence-electron chi connectivity index (χ0n) is 11.9. The minimum Gasteiger partial charge on any atom is -0.481 e. The van der Waals surface area contributed by atoms with E-state index < -0.39 is 18.2 Å². The van der Waals surface area contributed by atoms with E-state index in [1.54, 1.807) is 24.3 Å². The first-order valence-electron chi connectivity index (χ1n) is 7.10. The Morgan fingerprint density at radius 3 is 2.86 bits per heavy atom. The lowest BCUT2D eigenvalue weighted by molar-refractivity contribution is -0.230. The second-order valence-electron chi connectivity index (χ2n) is 5.36. The molecule has 1 fully saturated rings. The molecule has 1 saturated heterocycles. The number of halogens is 3. The molecule has 122 valence electrons. The number of aryl methyl sites for hydroxylation is 1. The third-order valence-corrected chi connectivity index (χ3v) is 3.57. The molecule has 0 amide bonds. The molecule has 2 atom stereocenters. The smallest absolute Gasteiger partial charge is 0.414 e.